The second-order valence-electron chi connectivity index (χ2n) is 7.99. The molecule has 3 rings (SSSR count). The van der Waals surface area contributed by atoms with E-state index in [0.29, 0.717) is 30.8 Å². The number of hydrogen-bond acceptors (Lipinski definition) is 3. The zero-order chi connectivity index (χ0) is 17.6. The predicted octanol–water partition coefficient (Wildman–Crippen LogP) is 3.12. The maximum Gasteiger partial charge on any atom is 0.236 e. The van der Waals surface area contributed by atoms with Gasteiger partial charge in [0.05, 0.1) is 6.54 Å². The van der Waals surface area contributed by atoms with Crippen LogP contribution in [0.5, 0.6) is 0 Å². The Labute approximate surface area is 164 Å². The minimum absolute atomic E-state index is 0. The largest absolute Gasteiger partial charge is 0.344 e. The third kappa shape index (κ3) is 5.45. The number of benzene rings is 1. The van der Waals surface area contributed by atoms with Crippen LogP contribution in [0, 0.1) is 11.8 Å². The van der Waals surface area contributed by atoms with Crippen molar-refractivity contribution in [2.75, 3.05) is 39.8 Å². The Morgan fingerprint density at radius 3 is 2.50 bits per heavy atom. The first-order valence-electron chi connectivity index (χ1n) is 9.88. The Morgan fingerprint density at radius 1 is 1.15 bits per heavy atom. The number of amides is 1. The molecule has 1 heterocycles. The molecule has 146 valence electrons. The second kappa shape index (κ2) is 10.3. The summed E-state index contributed by atoms with van der Waals surface area (Å²) >= 11 is 0. The lowest BCUT2D eigenvalue weighted by Crippen LogP contribution is -2.40. The SMILES string of the molecule is CN(CC1CCCCC1)C(=O)CN1C[C@@H](CN)[C@H](c2ccccc2)C1.Cl. The number of nitrogens with zero attached hydrogens (tertiary/aromatic N) is 2. The molecule has 0 bridgehead atoms. The van der Waals surface area contributed by atoms with Gasteiger partial charge in [-0.25, -0.2) is 0 Å². The normalized spacial score (nSPS) is 24.2. The molecule has 1 aromatic rings. The lowest BCUT2D eigenvalue weighted by atomic mass is 9.89. The molecule has 0 aromatic heterocycles. The Balaban J connectivity index is 0.00000243. The van der Waals surface area contributed by atoms with Crippen molar-refractivity contribution < 1.29 is 4.79 Å². The Kier molecular flexibility index (Phi) is 8.39. The summed E-state index contributed by atoms with van der Waals surface area (Å²) in [7, 11) is 1.97. The summed E-state index contributed by atoms with van der Waals surface area (Å²) in [6, 6.07) is 10.6. The minimum Gasteiger partial charge on any atom is -0.344 e. The van der Waals surface area contributed by atoms with Gasteiger partial charge in [0.15, 0.2) is 0 Å². The molecule has 1 amide bonds. The van der Waals surface area contributed by atoms with Crippen LogP contribution in [-0.2, 0) is 4.79 Å². The highest BCUT2D eigenvalue weighted by Crippen LogP contribution is 2.32. The van der Waals surface area contributed by atoms with Gasteiger partial charge in [-0.1, -0.05) is 49.6 Å². The number of carbonyl (C=O) groups is 1. The van der Waals surface area contributed by atoms with Gasteiger partial charge in [-0.3, -0.25) is 9.69 Å². The van der Waals surface area contributed by atoms with Gasteiger partial charge in [-0.15, -0.1) is 12.4 Å². The van der Waals surface area contributed by atoms with Gasteiger partial charge in [0.25, 0.3) is 0 Å². The molecule has 1 aliphatic heterocycles. The molecule has 0 radical (unpaired) electrons. The summed E-state index contributed by atoms with van der Waals surface area (Å²) in [5.41, 5.74) is 7.37. The van der Waals surface area contributed by atoms with E-state index in [1.54, 1.807) is 0 Å². The van der Waals surface area contributed by atoms with E-state index in [1.807, 2.05) is 11.9 Å². The highest BCUT2D eigenvalue weighted by Gasteiger charge is 2.34. The number of halogens is 1. The monoisotopic (exact) mass is 379 g/mol. The Bertz CT molecular complexity index is 547. The zero-order valence-corrected chi connectivity index (χ0v) is 16.8. The number of rotatable bonds is 6. The van der Waals surface area contributed by atoms with Crippen LogP contribution in [0.15, 0.2) is 30.3 Å². The topological polar surface area (TPSA) is 49.6 Å². The summed E-state index contributed by atoms with van der Waals surface area (Å²) in [5.74, 6) is 1.85. The summed E-state index contributed by atoms with van der Waals surface area (Å²) in [6.45, 7) is 4.01. The molecule has 26 heavy (non-hydrogen) atoms. The van der Waals surface area contributed by atoms with Gasteiger partial charge in [0.2, 0.25) is 5.91 Å². The molecular formula is C21H34ClN3O. The van der Waals surface area contributed by atoms with Gasteiger partial charge in [-0.05, 0) is 36.8 Å². The lowest BCUT2D eigenvalue weighted by Gasteiger charge is -2.28. The molecule has 5 heteroatoms. The molecule has 1 saturated heterocycles. The van der Waals surface area contributed by atoms with Crippen molar-refractivity contribution in [2.24, 2.45) is 17.6 Å². The average molecular weight is 380 g/mol. The second-order valence-corrected chi connectivity index (χ2v) is 7.99. The molecule has 2 atom stereocenters. The molecule has 1 saturated carbocycles. The van der Waals surface area contributed by atoms with Gasteiger partial charge < -0.3 is 10.6 Å². The van der Waals surface area contributed by atoms with Crippen LogP contribution in [0.25, 0.3) is 0 Å². The maximum absolute atomic E-state index is 12.7. The predicted molar refractivity (Wildman–Crippen MR) is 110 cm³/mol. The van der Waals surface area contributed by atoms with Crippen molar-refractivity contribution >= 4 is 18.3 Å². The lowest BCUT2D eigenvalue weighted by molar-refractivity contribution is -0.131. The number of nitrogens with two attached hydrogens (primary N) is 1. The minimum atomic E-state index is 0. The summed E-state index contributed by atoms with van der Waals surface area (Å²) in [5, 5.41) is 0. The summed E-state index contributed by atoms with van der Waals surface area (Å²) in [4.78, 5) is 16.9. The highest BCUT2D eigenvalue weighted by atomic mass is 35.5. The summed E-state index contributed by atoms with van der Waals surface area (Å²) < 4.78 is 0. The number of likely N-dealkylation sites (tertiary alicyclic amines) is 1. The van der Waals surface area contributed by atoms with E-state index in [2.05, 4.69) is 35.2 Å². The standard InChI is InChI=1S/C21H33N3O.ClH/c1-23(13-17-8-4-2-5-9-17)21(25)16-24-14-19(12-22)20(15-24)18-10-6-3-7-11-18;/h3,6-7,10-11,17,19-20H,2,4-5,8-9,12-16,22H2,1H3;1H/t19-,20+;/m1./s1. The third-order valence-electron chi connectivity index (χ3n) is 6.09. The molecule has 2 aliphatic rings. The zero-order valence-electron chi connectivity index (χ0n) is 16.0. The Morgan fingerprint density at radius 2 is 1.85 bits per heavy atom. The van der Waals surface area contributed by atoms with Crippen LogP contribution < -0.4 is 5.73 Å². The molecule has 2 N–H and O–H groups in total. The summed E-state index contributed by atoms with van der Waals surface area (Å²) in [6.07, 6.45) is 6.59. The van der Waals surface area contributed by atoms with Crippen LogP contribution >= 0.6 is 12.4 Å². The van der Waals surface area contributed by atoms with Gasteiger partial charge in [0.1, 0.15) is 0 Å². The third-order valence-corrected chi connectivity index (χ3v) is 6.09. The van der Waals surface area contributed by atoms with Crippen molar-refractivity contribution in [3.8, 4) is 0 Å². The van der Waals surface area contributed by atoms with E-state index in [9.17, 15) is 4.79 Å². The van der Waals surface area contributed by atoms with Crippen molar-refractivity contribution in [2.45, 2.75) is 38.0 Å². The fourth-order valence-electron chi connectivity index (χ4n) is 4.58. The smallest absolute Gasteiger partial charge is 0.236 e. The van der Waals surface area contributed by atoms with Crippen LogP contribution in [0.2, 0.25) is 0 Å². The van der Waals surface area contributed by atoms with Crippen LogP contribution in [0.4, 0.5) is 0 Å². The first-order valence-corrected chi connectivity index (χ1v) is 9.88. The molecule has 0 spiro atoms. The average Bonchev–Trinajstić information content (AvgIpc) is 3.06. The first kappa shape index (κ1) is 21.2. The van der Waals surface area contributed by atoms with E-state index in [1.165, 1.54) is 37.7 Å². The van der Waals surface area contributed by atoms with Crippen LogP contribution in [-0.4, -0.2) is 55.5 Å². The van der Waals surface area contributed by atoms with Crippen molar-refractivity contribution in [3.05, 3.63) is 35.9 Å². The van der Waals surface area contributed by atoms with E-state index < -0.39 is 0 Å². The van der Waals surface area contributed by atoms with E-state index in [4.69, 9.17) is 5.73 Å². The van der Waals surface area contributed by atoms with Crippen LogP contribution in [0.1, 0.15) is 43.6 Å². The van der Waals surface area contributed by atoms with Gasteiger partial charge in [0, 0.05) is 32.6 Å². The fourth-order valence-corrected chi connectivity index (χ4v) is 4.58. The van der Waals surface area contributed by atoms with Crippen molar-refractivity contribution in [1.29, 1.82) is 0 Å². The molecular weight excluding hydrogens is 346 g/mol. The van der Waals surface area contributed by atoms with Crippen molar-refractivity contribution in [1.82, 2.24) is 9.80 Å². The van der Waals surface area contributed by atoms with Crippen molar-refractivity contribution in [3.63, 3.8) is 0 Å². The molecule has 0 unspecified atom stereocenters. The van der Waals surface area contributed by atoms with Gasteiger partial charge >= 0.3 is 0 Å². The van der Waals surface area contributed by atoms with E-state index >= 15 is 0 Å². The number of carbonyl (C=O) groups excluding carboxylic acids is 1. The van der Waals surface area contributed by atoms with Crippen LogP contribution in [0.3, 0.4) is 0 Å². The number of hydrogen-bond donors (Lipinski definition) is 1. The van der Waals surface area contributed by atoms with E-state index in [0.717, 1.165) is 19.6 Å². The number of likely N-dealkylation sites (N-methyl/N-ethyl adjacent to an activating group) is 1. The molecule has 1 aliphatic carbocycles. The molecule has 1 aromatic carbocycles. The molecule has 4 nitrogen and oxygen atoms in total. The molecule has 2 fully saturated rings. The first-order chi connectivity index (χ1) is 12.2. The van der Waals surface area contributed by atoms with Gasteiger partial charge in [-0.2, -0.15) is 0 Å². The fraction of sp³-hybridized carbons (Fsp3) is 0.667. The quantitative estimate of drug-likeness (QED) is 0.826. The Hall–Kier alpha value is -1.10. The maximum atomic E-state index is 12.7. The highest BCUT2D eigenvalue weighted by molar-refractivity contribution is 5.85. The van der Waals surface area contributed by atoms with E-state index in [-0.39, 0.29) is 18.3 Å².